The number of para-hydroxylation sites is 1. The highest BCUT2D eigenvalue weighted by Gasteiger charge is 2.16. The van der Waals surface area contributed by atoms with Crippen molar-refractivity contribution >= 4 is 12.1 Å². The average Bonchev–Trinajstić information content (AvgIpc) is 3.48. The number of benzene rings is 2. The third kappa shape index (κ3) is 5.41. The Balaban J connectivity index is 1.68. The number of nitrogens with zero attached hydrogens (tertiary/aromatic N) is 5. The molecule has 2 aromatic heterocycles. The van der Waals surface area contributed by atoms with Crippen LogP contribution in [-0.4, -0.2) is 27.6 Å². The SMILES string of the molecule is CCCOc1ccc(-c2nn(-c3ccccc3)cc2C=NNc2oc(C(C)C)nc2C#N)cc1C. The molecule has 0 amide bonds. The van der Waals surface area contributed by atoms with Crippen LogP contribution in [0.1, 0.15) is 55.8 Å². The Labute approximate surface area is 204 Å². The van der Waals surface area contributed by atoms with Crippen molar-refractivity contribution in [2.75, 3.05) is 12.0 Å². The number of nitriles is 1. The van der Waals surface area contributed by atoms with Gasteiger partial charge in [-0.05, 0) is 49.2 Å². The Bertz CT molecular complexity index is 1360. The summed E-state index contributed by atoms with van der Waals surface area (Å²) < 4.78 is 13.3. The first kappa shape index (κ1) is 23.8. The second-order valence-corrected chi connectivity index (χ2v) is 8.41. The molecule has 2 aromatic carbocycles. The molecule has 0 fully saturated rings. The lowest BCUT2D eigenvalue weighted by Gasteiger charge is -2.09. The molecule has 0 radical (unpaired) electrons. The summed E-state index contributed by atoms with van der Waals surface area (Å²) in [5.74, 6) is 1.63. The smallest absolute Gasteiger partial charge is 0.252 e. The van der Waals surface area contributed by atoms with Crippen LogP contribution in [0.25, 0.3) is 16.9 Å². The number of rotatable bonds is 9. The molecular formula is C27H28N6O2. The van der Waals surface area contributed by atoms with Gasteiger partial charge in [0.25, 0.3) is 5.88 Å². The number of ether oxygens (including phenoxy) is 1. The van der Waals surface area contributed by atoms with Crippen molar-refractivity contribution in [1.82, 2.24) is 14.8 Å². The van der Waals surface area contributed by atoms with Crippen molar-refractivity contribution in [3.05, 3.63) is 77.4 Å². The van der Waals surface area contributed by atoms with Gasteiger partial charge in [-0.2, -0.15) is 15.5 Å². The van der Waals surface area contributed by atoms with Crippen LogP contribution < -0.4 is 10.2 Å². The number of oxazole rings is 1. The van der Waals surface area contributed by atoms with E-state index in [1.807, 2.05) is 80.2 Å². The van der Waals surface area contributed by atoms with Gasteiger partial charge in [-0.3, -0.25) is 0 Å². The van der Waals surface area contributed by atoms with Crippen molar-refractivity contribution in [1.29, 1.82) is 5.26 Å². The number of nitrogens with one attached hydrogen (secondary N) is 1. The van der Waals surface area contributed by atoms with Crippen molar-refractivity contribution < 1.29 is 9.15 Å². The standard InChI is InChI=1S/C27H28N6O2/c1-5-13-34-24-12-11-20(14-19(24)4)25-21(17-33(32-25)22-9-7-6-8-10-22)16-29-31-27-23(15-28)30-26(35-27)18(2)3/h6-12,14,16-18,31H,5,13H2,1-4H3. The molecule has 1 N–H and O–H groups in total. The van der Waals surface area contributed by atoms with Crippen LogP contribution in [0.2, 0.25) is 0 Å². The molecule has 0 bridgehead atoms. The van der Waals surface area contributed by atoms with E-state index in [2.05, 4.69) is 28.5 Å². The van der Waals surface area contributed by atoms with Gasteiger partial charge in [-0.25, -0.2) is 15.1 Å². The Morgan fingerprint density at radius 1 is 1.23 bits per heavy atom. The minimum Gasteiger partial charge on any atom is -0.493 e. The molecular weight excluding hydrogens is 440 g/mol. The van der Waals surface area contributed by atoms with Gasteiger partial charge in [0, 0.05) is 23.2 Å². The summed E-state index contributed by atoms with van der Waals surface area (Å²) in [5.41, 5.74) is 7.47. The van der Waals surface area contributed by atoms with E-state index in [4.69, 9.17) is 14.3 Å². The maximum absolute atomic E-state index is 9.37. The number of aromatic nitrogens is 3. The Hall–Kier alpha value is -4.38. The van der Waals surface area contributed by atoms with E-state index in [0.717, 1.165) is 40.2 Å². The monoisotopic (exact) mass is 468 g/mol. The molecule has 8 heteroatoms. The summed E-state index contributed by atoms with van der Waals surface area (Å²) in [5, 5.41) is 18.5. The van der Waals surface area contributed by atoms with Crippen molar-refractivity contribution in [2.24, 2.45) is 5.10 Å². The molecule has 8 nitrogen and oxygen atoms in total. The third-order valence-corrected chi connectivity index (χ3v) is 5.29. The molecule has 0 saturated carbocycles. The second-order valence-electron chi connectivity index (χ2n) is 8.41. The molecule has 0 aliphatic heterocycles. The van der Waals surface area contributed by atoms with E-state index in [-0.39, 0.29) is 17.5 Å². The van der Waals surface area contributed by atoms with Crippen molar-refractivity contribution in [2.45, 2.75) is 40.0 Å². The van der Waals surface area contributed by atoms with Crippen molar-refractivity contribution in [3.8, 4) is 28.8 Å². The summed E-state index contributed by atoms with van der Waals surface area (Å²) in [4.78, 5) is 4.21. The minimum atomic E-state index is 0.0600. The largest absolute Gasteiger partial charge is 0.493 e. The van der Waals surface area contributed by atoms with Gasteiger partial charge in [-0.15, -0.1) is 0 Å². The lowest BCUT2D eigenvalue weighted by atomic mass is 10.1. The molecule has 4 aromatic rings. The fraction of sp³-hybridized carbons (Fsp3) is 0.259. The lowest BCUT2D eigenvalue weighted by molar-refractivity contribution is 0.315. The topological polar surface area (TPSA) is 101 Å². The number of anilines is 1. The predicted octanol–water partition coefficient (Wildman–Crippen LogP) is 6.07. The first-order valence-corrected chi connectivity index (χ1v) is 11.6. The third-order valence-electron chi connectivity index (χ3n) is 5.29. The van der Waals surface area contributed by atoms with E-state index >= 15 is 0 Å². The van der Waals surface area contributed by atoms with Crippen LogP contribution in [0, 0.1) is 18.3 Å². The highest BCUT2D eigenvalue weighted by molar-refractivity contribution is 5.89. The average molecular weight is 469 g/mol. The number of hydrazone groups is 1. The summed E-state index contributed by atoms with van der Waals surface area (Å²) in [7, 11) is 0. The van der Waals surface area contributed by atoms with Gasteiger partial charge in [0.05, 0.1) is 18.5 Å². The Morgan fingerprint density at radius 2 is 2.03 bits per heavy atom. The number of hydrogen-bond acceptors (Lipinski definition) is 7. The van der Waals surface area contributed by atoms with Crippen LogP contribution in [0.5, 0.6) is 5.75 Å². The Kier molecular flexibility index (Phi) is 7.27. The molecule has 0 spiro atoms. The van der Waals surface area contributed by atoms with Crippen LogP contribution in [-0.2, 0) is 0 Å². The summed E-state index contributed by atoms with van der Waals surface area (Å²) in [6.07, 6.45) is 4.53. The fourth-order valence-electron chi connectivity index (χ4n) is 3.49. The summed E-state index contributed by atoms with van der Waals surface area (Å²) in [6, 6.07) is 18.0. The molecule has 0 aliphatic carbocycles. The van der Waals surface area contributed by atoms with Crippen LogP contribution in [0.15, 0.2) is 64.2 Å². The maximum atomic E-state index is 9.37. The Morgan fingerprint density at radius 3 is 2.71 bits per heavy atom. The number of hydrogen-bond donors (Lipinski definition) is 1. The van der Waals surface area contributed by atoms with Gasteiger partial charge in [-0.1, -0.05) is 39.0 Å². The molecule has 35 heavy (non-hydrogen) atoms. The van der Waals surface area contributed by atoms with Gasteiger partial charge in [0.1, 0.15) is 17.5 Å². The molecule has 0 atom stereocenters. The van der Waals surface area contributed by atoms with E-state index in [1.54, 1.807) is 6.21 Å². The normalized spacial score (nSPS) is 11.2. The molecule has 0 aliphatic rings. The zero-order valence-corrected chi connectivity index (χ0v) is 20.3. The molecule has 0 unspecified atom stereocenters. The highest BCUT2D eigenvalue weighted by atomic mass is 16.5. The summed E-state index contributed by atoms with van der Waals surface area (Å²) >= 11 is 0. The molecule has 4 rings (SSSR count). The summed E-state index contributed by atoms with van der Waals surface area (Å²) in [6.45, 7) is 8.69. The molecule has 178 valence electrons. The van der Waals surface area contributed by atoms with E-state index < -0.39 is 0 Å². The fourth-order valence-corrected chi connectivity index (χ4v) is 3.49. The first-order chi connectivity index (χ1) is 17.0. The molecule has 0 saturated heterocycles. The van der Waals surface area contributed by atoms with Gasteiger partial charge >= 0.3 is 0 Å². The maximum Gasteiger partial charge on any atom is 0.252 e. The molecule has 2 heterocycles. The van der Waals surface area contributed by atoms with E-state index in [1.165, 1.54) is 0 Å². The second kappa shape index (κ2) is 10.7. The number of aryl methyl sites for hydroxylation is 1. The first-order valence-electron chi connectivity index (χ1n) is 11.6. The zero-order valence-electron chi connectivity index (χ0n) is 20.3. The van der Waals surface area contributed by atoms with Crippen molar-refractivity contribution in [3.63, 3.8) is 0 Å². The van der Waals surface area contributed by atoms with Crippen LogP contribution >= 0.6 is 0 Å². The lowest BCUT2D eigenvalue weighted by Crippen LogP contribution is -1.98. The highest BCUT2D eigenvalue weighted by Crippen LogP contribution is 2.28. The van der Waals surface area contributed by atoms with Gasteiger partial charge in [0.15, 0.2) is 0 Å². The zero-order chi connectivity index (χ0) is 24.8. The van der Waals surface area contributed by atoms with Crippen LogP contribution in [0.4, 0.5) is 5.88 Å². The quantitative estimate of drug-likeness (QED) is 0.236. The van der Waals surface area contributed by atoms with Crippen LogP contribution in [0.3, 0.4) is 0 Å². The minimum absolute atomic E-state index is 0.0600. The van der Waals surface area contributed by atoms with E-state index in [0.29, 0.717) is 12.5 Å². The van der Waals surface area contributed by atoms with Gasteiger partial charge in [0.2, 0.25) is 11.6 Å². The van der Waals surface area contributed by atoms with E-state index in [9.17, 15) is 5.26 Å². The predicted molar refractivity (Wildman–Crippen MR) is 136 cm³/mol. The van der Waals surface area contributed by atoms with Gasteiger partial charge < -0.3 is 9.15 Å².